The molecule has 4 fully saturated rings. The summed E-state index contributed by atoms with van der Waals surface area (Å²) in [5.41, 5.74) is 2.24. The summed E-state index contributed by atoms with van der Waals surface area (Å²) in [4.78, 5) is 31.3. The molecule has 2 N–H and O–H groups in total. The highest BCUT2D eigenvalue weighted by atomic mass is 32.2. The second kappa shape index (κ2) is 10.2. The van der Waals surface area contributed by atoms with Crippen LogP contribution in [0, 0.1) is 17.8 Å². The maximum absolute atomic E-state index is 12.5. The van der Waals surface area contributed by atoms with Gasteiger partial charge in [0.2, 0.25) is 0 Å². The Hall–Kier alpha value is -2.29. The molecule has 7 nitrogen and oxygen atoms in total. The van der Waals surface area contributed by atoms with Gasteiger partial charge in [0.15, 0.2) is 0 Å². The number of hydrogen-bond acceptors (Lipinski definition) is 5. The molecule has 6 heterocycles. The van der Waals surface area contributed by atoms with Crippen molar-refractivity contribution < 1.29 is 4.79 Å². The summed E-state index contributed by atoms with van der Waals surface area (Å²) >= 11 is 1.67. The number of carbonyl (C=O) groups is 1. The lowest BCUT2D eigenvalue weighted by Gasteiger charge is -2.52. The molecule has 8 heteroatoms. The van der Waals surface area contributed by atoms with Gasteiger partial charge < -0.3 is 20.1 Å². The van der Waals surface area contributed by atoms with Crippen molar-refractivity contribution in [3.8, 4) is 0 Å². The van der Waals surface area contributed by atoms with Gasteiger partial charge in [-0.1, -0.05) is 12.1 Å². The standard InChI is InChI=1S/C28H37N5O2S/c1-36-25-5-2-4-23(12-25)30-28(35)29-13-24-11-20-8-9-32(24)18-22(20)17-31-14-19-10-21(16-31)26-6-3-7-27(34)33(26)15-19/h2-7,12,19-22,24H,8-11,13-18H2,1H3,(H2,29,30,35)/t19-,20-,21+,22-,24+/m0/s1. The van der Waals surface area contributed by atoms with Gasteiger partial charge in [0, 0.05) is 73.6 Å². The molecule has 6 atom stereocenters. The van der Waals surface area contributed by atoms with Crippen molar-refractivity contribution in [2.75, 3.05) is 50.8 Å². The SMILES string of the molecule is CSc1cccc(NC(=O)NC[C@H]2C[C@@H]3CCN2C[C@@H]3CN2C[C@@H]3C[C@H](C2)c2cccc(=O)n2C3)c1. The third kappa shape index (κ3) is 4.95. The maximum atomic E-state index is 12.5. The van der Waals surface area contributed by atoms with Crippen LogP contribution in [0.5, 0.6) is 0 Å². The molecule has 4 bridgehead atoms. The van der Waals surface area contributed by atoms with Crippen LogP contribution in [-0.2, 0) is 6.54 Å². The summed E-state index contributed by atoms with van der Waals surface area (Å²) in [6, 6.07) is 14.1. The number of carbonyl (C=O) groups excluding carboxylic acids is 1. The Morgan fingerprint density at radius 3 is 2.81 bits per heavy atom. The Labute approximate surface area is 217 Å². The molecule has 2 amide bonds. The van der Waals surface area contributed by atoms with Crippen molar-refractivity contribution in [2.45, 2.75) is 42.7 Å². The van der Waals surface area contributed by atoms with Crippen LogP contribution in [0.15, 0.2) is 52.2 Å². The van der Waals surface area contributed by atoms with Crippen LogP contribution in [0.1, 0.15) is 30.9 Å². The second-order valence-electron chi connectivity index (χ2n) is 11.2. The Morgan fingerprint density at radius 2 is 1.97 bits per heavy atom. The topological polar surface area (TPSA) is 69.6 Å². The fourth-order valence-corrected chi connectivity index (χ4v) is 7.69. The normalized spacial score (nSPS) is 31.0. The maximum Gasteiger partial charge on any atom is 0.319 e. The molecule has 192 valence electrons. The van der Waals surface area contributed by atoms with Gasteiger partial charge in [-0.25, -0.2) is 4.79 Å². The van der Waals surface area contributed by atoms with Crippen LogP contribution in [0.3, 0.4) is 0 Å². The average molecular weight is 508 g/mol. The molecule has 36 heavy (non-hydrogen) atoms. The summed E-state index contributed by atoms with van der Waals surface area (Å²) in [6.45, 7) is 7.21. The van der Waals surface area contributed by atoms with E-state index in [1.165, 1.54) is 25.0 Å². The Balaban J connectivity index is 1.01. The van der Waals surface area contributed by atoms with Crippen LogP contribution in [0.4, 0.5) is 10.5 Å². The number of rotatable bonds is 6. The molecule has 2 aromatic rings. The largest absolute Gasteiger partial charge is 0.336 e. The first-order valence-corrected chi connectivity index (χ1v) is 14.6. The highest BCUT2D eigenvalue weighted by Gasteiger charge is 2.42. The van der Waals surface area contributed by atoms with Gasteiger partial charge >= 0.3 is 6.03 Å². The van der Waals surface area contributed by atoms with Crippen molar-refractivity contribution in [1.82, 2.24) is 19.7 Å². The van der Waals surface area contributed by atoms with E-state index in [2.05, 4.69) is 26.5 Å². The molecular weight excluding hydrogens is 470 g/mol. The van der Waals surface area contributed by atoms with Crippen molar-refractivity contribution >= 4 is 23.5 Å². The molecule has 7 rings (SSSR count). The van der Waals surface area contributed by atoms with Crippen LogP contribution in [0.2, 0.25) is 0 Å². The van der Waals surface area contributed by atoms with E-state index in [1.54, 1.807) is 17.8 Å². The van der Waals surface area contributed by atoms with Gasteiger partial charge in [-0.05, 0) is 74.1 Å². The first-order valence-electron chi connectivity index (χ1n) is 13.4. The van der Waals surface area contributed by atoms with Gasteiger partial charge in [-0.2, -0.15) is 0 Å². The van der Waals surface area contributed by atoms with E-state index in [0.29, 0.717) is 30.3 Å². The minimum absolute atomic E-state index is 0.119. The number of anilines is 1. The van der Waals surface area contributed by atoms with Gasteiger partial charge in [0.25, 0.3) is 5.56 Å². The highest BCUT2D eigenvalue weighted by molar-refractivity contribution is 7.98. The number of likely N-dealkylation sites (tertiary alicyclic amines) is 1. The van der Waals surface area contributed by atoms with Crippen molar-refractivity contribution in [3.63, 3.8) is 0 Å². The molecule has 0 saturated carbocycles. The summed E-state index contributed by atoms with van der Waals surface area (Å²) in [7, 11) is 0. The van der Waals surface area contributed by atoms with E-state index in [1.807, 2.05) is 41.2 Å². The number of fused-ring (bicyclic) bond motifs is 7. The predicted octanol–water partition coefficient (Wildman–Crippen LogP) is 3.52. The van der Waals surface area contributed by atoms with Gasteiger partial charge in [0.05, 0.1) is 0 Å². The van der Waals surface area contributed by atoms with Crippen molar-refractivity contribution in [2.24, 2.45) is 17.8 Å². The molecule has 1 unspecified atom stereocenters. The smallest absolute Gasteiger partial charge is 0.319 e. The first kappa shape index (κ1) is 24.1. The number of amides is 2. The monoisotopic (exact) mass is 507 g/mol. The summed E-state index contributed by atoms with van der Waals surface area (Å²) < 4.78 is 2.03. The zero-order chi connectivity index (χ0) is 24.6. The van der Waals surface area contributed by atoms with Crippen molar-refractivity contribution in [1.29, 1.82) is 0 Å². The van der Waals surface area contributed by atoms with Gasteiger partial charge in [0.1, 0.15) is 0 Å². The highest BCUT2D eigenvalue weighted by Crippen LogP contribution is 2.39. The second-order valence-corrected chi connectivity index (χ2v) is 12.1. The molecule has 0 radical (unpaired) electrons. The van der Waals surface area contributed by atoms with E-state index in [-0.39, 0.29) is 11.6 Å². The number of urea groups is 1. The van der Waals surface area contributed by atoms with Crippen LogP contribution in [0.25, 0.3) is 0 Å². The molecule has 5 aliphatic rings. The fraction of sp³-hybridized carbons (Fsp3) is 0.571. The van der Waals surface area contributed by atoms with E-state index in [9.17, 15) is 9.59 Å². The van der Waals surface area contributed by atoms with Crippen molar-refractivity contribution in [3.05, 3.63) is 58.5 Å². The molecule has 1 aromatic carbocycles. The number of aromatic nitrogens is 1. The zero-order valence-electron chi connectivity index (χ0n) is 21.1. The van der Waals surface area contributed by atoms with E-state index in [4.69, 9.17) is 0 Å². The third-order valence-electron chi connectivity index (χ3n) is 8.89. The minimum atomic E-state index is -0.119. The lowest BCUT2D eigenvalue weighted by atomic mass is 9.74. The summed E-state index contributed by atoms with van der Waals surface area (Å²) in [5.74, 6) is 2.51. The van der Waals surface area contributed by atoms with E-state index >= 15 is 0 Å². The number of hydrogen-bond donors (Lipinski definition) is 2. The van der Waals surface area contributed by atoms with Crippen LogP contribution < -0.4 is 16.2 Å². The number of nitrogens with one attached hydrogen (secondary N) is 2. The minimum Gasteiger partial charge on any atom is -0.336 e. The predicted molar refractivity (Wildman–Crippen MR) is 145 cm³/mol. The molecular formula is C28H37N5O2S. The number of benzene rings is 1. The Kier molecular flexibility index (Phi) is 6.84. The number of pyridine rings is 1. The van der Waals surface area contributed by atoms with Gasteiger partial charge in [-0.3, -0.25) is 9.69 Å². The molecule has 0 aliphatic carbocycles. The lowest BCUT2D eigenvalue weighted by molar-refractivity contribution is -0.0192. The van der Waals surface area contributed by atoms with Crippen LogP contribution >= 0.6 is 11.8 Å². The summed E-state index contributed by atoms with van der Waals surface area (Å²) in [6.07, 6.45) is 5.70. The summed E-state index contributed by atoms with van der Waals surface area (Å²) in [5, 5.41) is 6.11. The number of piperidine rings is 4. The molecule has 5 aliphatic heterocycles. The quantitative estimate of drug-likeness (QED) is 0.586. The Bertz CT molecular complexity index is 1170. The van der Waals surface area contributed by atoms with E-state index in [0.717, 1.165) is 55.8 Å². The Morgan fingerprint density at radius 1 is 1.08 bits per heavy atom. The van der Waals surface area contributed by atoms with Crippen LogP contribution in [-0.4, -0.2) is 72.0 Å². The number of thioether (sulfide) groups is 1. The van der Waals surface area contributed by atoms with Gasteiger partial charge in [-0.15, -0.1) is 11.8 Å². The molecule has 1 aromatic heterocycles. The number of nitrogens with zero attached hydrogens (tertiary/aromatic N) is 3. The average Bonchev–Trinajstić information content (AvgIpc) is 2.89. The first-order chi connectivity index (χ1) is 17.6. The molecule has 4 saturated heterocycles. The third-order valence-corrected chi connectivity index (χ3v) is 9.61. The fourth-order valence-electron chi connectivity index (χ4n) is 7.23. The molecule has 0 spiro atoms. The van der Waals surface area contributed by atoms with E-state index < -0.39 is 0 Å². The zero-order valence-corrected chi connectivity index (χ0v) is 21.9. The lowest BCUT2D eigenvalue weighted by Crippen LogP contribution is -2.59.